The Hall–Kier alpha value is 6.44. The maximum absolute atomic E-state index is 10.9. The van der Waals surface area contributed by atoms with Gasteiger partial charge >= 0.3 is 262 Å². The third kappa shape index (κ3) is 15.0. The second-order valence-corrected chi connectivity index (χ2v) is 27.5. The van der Waals surface area contributed by atoms with Crippen LogP contribution in [0.1, 0.15) is 0 Å². The molecule has 0 aliphatic carbocycles. The number of rotatable bonds is 0. The summed E-state index contributed by atoms with van der Waals surface area (Å²) in [5, 5.41) is 0. The summed E-state index contributed by atoms with van der Waals surface area (Å²) in [6, 6.07) is 0. The first-order chi connectivity index (χ1) is 8.54. The average molecular weight is 1000 g/mol. The molecule has 0 saturated carbocycles. The summed E-state index contributed by atoms with van der Waals surface area (Å²) < 4.78 is 126. The SMILES string of the molecule is [Ba+2].[Ba+2].[Na+].[O]=[Nb]1([O-])[O][Nb](=[O])([O-])[O][Nb](=[O])([O-])[O][Nb](=[O])([O-])[O][Nb](=[O])([O-])[O]1. The minimum atomic E-state index is -7.18. The van der Waals surface area contributed by atoms with Crippen molar-refractivity contribution in [1.29, 1.82) is 0 Å². The maximum atomic E-state index is 10.9. The van der Waals surface area contributed by atoms with Gasteiger partial charge in [-0.3, -0.25) is 0 Å². The molecule has 0 spiro atoms. The zero-order valence-electron chi connectivity index (χ0n) is 10.8. The molecule has 1 aliphatic rings. The van der Waals surface area contributed by atoms with Crippen molar-refractivity contribution < 1.29 is 164 Å². The molecule has 23 heteroatoms. The third-order valence-electron chi connectivity index (χ3n) is 1.000. The fraction of sp³-hybridized carbons (Fsp3) is 0. The molecule has 1 fully saturated rings. The van der Waals surface area contributed by atoms with Crippen LogP contribution in [0.3, 0.4) is 0 Å². The first kappa shape index (κ1) is 34.1. The van der Waals surface area contributed by atoms with Gasteiger partial charge in [0.1, 0.15) is 0 Å². The van der Waals surface area contributed by atoms with Gasteiger partial charge in [0.15, 0.2) is 0 Å². The summed E-state index contributed by atoms with van der Waals surface area (Å²) in [5.74, 6) is 0. The van der Waals surface area contributed by atoms with Gasteiger partial charge < -0.3 is 0 Å². The first-order valence-electron chi connectivity index (χ1n) is 3.65. The van der Waals surface area contributed by atoms with Crippen molar-refractivity contribution in [2.45, 2.75) is 0 Å². The molecule has 0 unspecified atom stereocenters. The van der Waals surface area contributed by atoms with Crippen LogP contribution in [0.4, 0.5) is 0 Å². The fourth-order valence-corrected chi connectivity index (χ4v) is 36.9. The molecule has 0 radical (unpaired) electrons. The molecule has 0 aromatic heterocycles. The van der Waals surface area contributed by atoms with Gasteiger partial charge in [0.2, 0.25) is 0 Å². The van der Waals surface area contributed by atoms with Crippen molar-refractivity contribution in [3.63, 3.8) is 0 Å². The van der Waals surface area contributed by atoms with Gasteiger partial charge in [0.25, 0.3) is 0 Å². The molecule has 1 rings (SSSR count). The van der Waals surface area contributed by atoms with Crippen LogP contribution in [0, 0.1) is 0 Å². The minimum absolute atomic E-state index is 0. The zero-order chi connectivity index (χ0) is 16.0. The van der Waals surface area contributed by atoms with Crippen LogP contribution in [0.5, 0.6) is 0 Å². The van der Waals surface area contributed by atoms with E-state index >= 15 is 0 Å². The van der Waals surface area contributed by atoms with Gasteiger partial charge in [0.05, 0.1) is 0 Å². The van der Waals surface area contributed by atoms with E-state index in [0.717, 1.165) is 0 Å². The van der Waals surface area contributed by atoms with Crippen molar-refractivity contribution in [3.05, 3.63) is 0 Å². The second-order valence-electron chi connectivity index (χ2n) is 2.64. The molecule has 1 heterocycles. The van der Waals surface area contributed by atoms with Crippen LogP contribution in [-0.2, 0) is 116 Å². The average Bonchev–Trinajstić information content (AvgIpc) is 1.84. The van der Waals surface area contributed by atoms with E-state index < -0.39 is 91.5 Å². The summed E-state index contributed by atoms with van der Waals surface area (Å²) >= 11 is -35.9. The Labute approximate surface area is 254 Å². The van der Waals surface area contributed by atoms with E-state index in [0.29, 0.717) is 0 Å². The Morgan fingerprint density at radius 3 is 0.609 bits per heavy atom. The molecule has 15 nitrogen and oxygen atoms in total. The molecule has 0 aromatic carbocycles. The standard InChI is InChI=1S/2Ba.Na.5Nb.15O/q2*+2;+1;;;;;;;;;;;;;;;;5*-1. The molecule has 0 N–H and O–H groups in total. The van der Waals surface area contributed by atoms with Crippen molar-refractivity contribution in [2.75, 3.05) is 0 Å². The van der Waals surface area contributed by atoms with Crippen LogP contribution in [0.2, 0.25) is 0 Å². The molecule has 1 aliphatic heterocycles. The molecule has 0 bridgehead atoms. The van der Waals surface area contributed by atoms with Crippen LogP contribution in [0.25, 0.3) is 0 Å². The summed E-state index contributed by atoms with van der Waals surface area (Å²) in [6.07, 6.45) is 0. The number of hydrogen-bond acceptors (Lipinski definition) is 15. The van der Waals surface area contributed by atoms with Gasteiger partial charge in [-0.15, -0.1) is 0 Å². The number of hydrogen-bond donors (Lipinski definition) is 0. The Bertz CT molecular complexity index is 480. The summed E-state index contributed by atoms with van der Waals surface area (Å²) in [6.45, 7) is 0. The Kier molecular flexibility index (Phi) is 18.5. The summed E-state index contributed by atoms with van der Waals surface area (Å²) in [5.41, 5.74) is 0. The van der Waals surface area contributed by atoms with Gasteiger partial charge in [0, 0.05) is 0 Å². The summed E-state index contributed by atoms with van der Waals surface area (Å²) in [7, 11) is 0. The molecule has 1 saturated heterocycles. The molecule has 0 aromatic rings. The molecule has 0 atom stereocenters. The molecular weight excluding hydrogens is 1000 g/mol. The molecule has 0 amide bonds. The van der Waals surface area contributed by atoms with Gasteiger partial charge in [-0.25, -0.2) is 0 Å². The van der Waals surface area contributed by atoms with Crippen molar-refractivity contribution in [1.82, 2.24) is 0 Å². The van der Waals surface area contributed by atoms with Crippen LogP contribution >= 0.6 is 0 Å². The van der Waals surface area contributed by atoms with Gasteiger partial charge in [-0.2, -0.15) is 0 Å². The van der Waals surface area contributed by atoms with Gasteiger partial charge in [-0.1, -0.05) is 0 Å². The van der Waals surface area contributed by atoms with E-state index in [1.54, 1.807) is 0 Å². The predicted octanol–water partition coefficient (Wildman–Crippen LogP) is -10.7. The van der Waals surface area contributed by atoms with Crippen LogP contribution in [0.15, 0.2) is 0 Å². The van der Waals surface area contributed by atoms with E-state index in [4.69, 9.17) is 0 Å². The Morgan fingerprint density at radius 1 is 0.435 bits per heavy atom. The van der Waals surface area contributed by atoms with Crippen molar-refractivity contribution in [2.24, 2.45) is 0 Å². The Balaban J connectivity index is -0.00000133. The fourth-order valence-electron chi connectivity index (χ4n) is 0.687. The third-order valence-corrected chi connectivity index (χ3v) is 35.0. The molecule has 23 heavy (non-hydrogen) atoms. The van der Waals surface area contributed by atoms with E-state index in [1.165, 1.54) is 0 Å². The second kappa shape index (κ2) is 12.5. The van der Waals surface area contributed by atoms with E-state index in [9.17, 15) is 34.3 Å². The monoisotopic (exact) mass is 1000 g/mol. The van der Waals surface area contributed by atoms with Crippen LogP contribution in [-0.4, -0.2) is 97.8 Å². The molecule has 120 valence electrons. The predicted molar refractivity (Wildman–Crippen MR) is 20.4 cm³/mol. The normalized spacial score (nSPS) is 48.0. The van der Waals surface area contributed by atoms with Gasteiger partial charge in [-0.05, 0) is 0 Å². The summed E-state index contributed by atoms with van der Waals surface area (Å²) in [4.78, 5) is 0. The quantitative estimate of drug-likeness (QED) is 0.205. The van der Waals surface area contributed by atoms with Crippen molar-refractivity contribution >= 4 is 97.8 Å². The van der Waals surface area contributed by atoms with E-state index in [1.807, 2.05) is 0 Å². The van der Waals surface area contributed by atoms with E-state index in [2.05, 4.69) is 8.77 Å². The topological polar surface area (TPSA) is 247 Å². The first-order valence-corrected chi connectivity index (χ1v) is 21.6. The molecular formula is Ba2NaNb5O15. The van der Waals surface area contributed by atoms with Crippen molar-refractivity contribution in [3.8, 4) is 0 Å². The van der Waals surface area contributed by atoms with Crippen LogP contribution < -0.4 is 47.6 Å². The zero-order valence-corrected chi connectivity index (χ0v) is 32.6. The van der Waals surface area contributed by atoms with E-state index in [-0.39, 0.29) is 127 Å². The Morgan fingerprint density at radius 2 is 0.522 bits per heavy atom.